The van der Waals surface area contributed by atoms with Gasteiger partial charge in [0.1, 0.15) is 5.71 Å². The summed E-state index contributed by atoms with van der Waals surface area (Å²) in [7, 11) is 0. The third kappa shape index (κ3) is 2.29. The number of allylic oxidation sites excluding steroid dienone is 2. The van der Waals surface area contributed by atoms with Crippen molar-refractivity contribution in [3.8, 4) is 0 Å². The molecule has 0 radical (unpaired) electrons. The average Bonchev–Trinajstić information content (AvgIpc) is 2.83. The lowest BCUT2D eigenvalue weighted by atomic mass is 9.89. The Morgan fingerprint density at radius 3 is 2.52 bits per heavy atom. The van der Waals surface area contributed by atoms with Crippen molar-refractivity contribution >= 4 is 11.8 Å². The van der Waals surface area contributed by atoms with E-state index in [4.69, 9.17) is 0 Å². The highest BCUT2D eigenvalue weighted by atomic mass is 16.4. The Morgan fingerprint density at radius 1 is 1.10 bits per heavy atom. The number of oxime groups is 1. The maximum absolute atomic E-state index is 9.21. The van der Waals surface area contributed by atoms with Gasteiger partial charge in [0.15, 0.2) is 0 Å². The van der Waals surface area contributed by atoms with Crippen molar-refractivity contribution in [3.63, 3.8) is 0 Å². The molecule has 0 heterocycles. The summed E-state index contributed by atoms with van der Waals surface area (Å²) in [4.78, 5) is 0. The first-order valence-electron chi connectivity index (χ1n) is 6.97. The number of hydrogen-bond acceptors (Lipinski definition) is 2. The SMILES string of the molecule is C=CC(c1ccccc1)c1ccc2c(c1)C(=NO)C(C)=C2. The molecule has 2 nitrogen and oxygen atoms in total. The molecule has 0 amide bonds. The Hall–Kier alpha value is -2.61. The molecule has 0 saturated heterocycles. The van der Waals surface area contributed by atoms with Crippen LogP contribution in [-0.2, 0) is 0 Å². The molecule has 2 aromatic carbocycles. The monoisotopic (exact) mass is 275 g/mol. The predicted octanol–water partition coefficient (Wildman–Crippen LogP) is 4.60. The number of fused-ring (bicyclic) bond motifs is 1. The maximum atomic E-state index is 9.21. The van der Waals surface area contributed by atoms with Crippen LogP contribution >= 0.6 is 0 Å². The minimum Gasteiger partial charge on any atom is -0.410 e. The second kappa shape index (κ2) is 5.41. The van der Waals surface area contributed by atoms with Crippen molar-refractivity contribution in [1.29, 1.82) is 0 Å². The van der Waals surface area contributed by atoms with Crippen molar-refractivity contribution in [2.75, 3.05) is 0 Å². The summed E-state index contributed by atoms with van der Waals surface area (Å²) in [6.45, 7) is 5.92. The third-order valence-electron chi connectivity index (χ3n) is 3.93. The Bertz CT molecular complexity index is 741. The molecule has 0 spiro atoms. The van der Waals surface area contributed by atoms with Crippen LogP contribution in [0.5, 0.6) is 0 Å². The minimum atomic E-state index is 0.136. The zero-order valence-corrected chi connectivity index (χ0v) is 12.0. The lowest BCUT2D eigenvalue weighted by molar-refractivity contribution is 0.319. The molecule has 2 heteroatoms. The van der Waals surface area contributed by atoms with Crippen LogP contribution in [0.2, 0.25) is 0 Å². The van der Waals surface area contributed by atoms with E-state index in [9.17, 15) is 5.21 Å². The van der Waals surface area contributed by atoms with Gasteiger partial charge < -0.3 is 5.21 Å². The first-order chi connectivity index (χ1) is 10.2. The topological polar surface area (TPSA) is 32.6 Å². The van der Waals surface area contributed by atoms with E-state index < -0.39 is 0 Å². The molecular weight excluding hydrogens is 258 g/mol. The lowest BCUT2D eigenvalue weighted by Crippen LogP contribution is -2.03. The summed E-state index contributed by atoms with van der Waals surface area (Å²) < 4.78 is 0. The van der Waals surface area contributed by atoms with Gasteiger partial charge in [0.25, 0.3) is 0 Å². The van der Waals surface area contributed by atoms with Crippen molar-refractivity contribution in [3.05, 3.63) is 89.0 Å². The smallest absolute Gasteiger partial charge is 0.113 e. The van der Waals surface area contributed by atoms with Gasteiger partial charge in [-0.25, -0.2) is 0 Å². The Labute approximate surface area is 124 Å². The summed E-state index contributed by atoms with van der Waals surface area (Å²) >= 11 is 0. The summed E-state index contributed by atoms with van der Waals surface area (Å²) in [6, 6.07) is 16.6. The molecule has 0 bridgehead atoms. The molecule has 1 aliphatic rings. The van der Waals surface area contributed by atoms with Gasteiger partial charge in [-0.15, -0.1) is 6.58 Å². The van der Waals surface area contributed by atoms with Crippen LogP contribution < -0.4 is 0 Å². The first-order valence-corrected chi connectivity index (χ1v) is 6.97. The van der Waals surface area contributed by atoms with E-state index in [1.54, 1.807) is 0 Å². The van der Waals surface area contributed by atoms with Crippen LogP contribution in [0, 0.1) is 0 Å². The maximum Gasteiger partial charge on any atom is 0.113 e. The molecule has 0 saturated carbocycles. The molecule has 21 heavy (non-hydrogen) atoms. The van der Waals surface area contributed by atoms with E-state index >= 15 is 0 Å². The first kappa shape index (κ1) is 13.4. The van der Waals surface area contributed by atoms with Gasteiger partial charge in [0.2, 0.25) is 0 Å². The molecule has 1 atom stereocenters. The van der Waals surface area contributed by atoms with Crippen LogP contribution in [-0.4, -0.2) is 10.9 Å². The van der Waals surface area contributed by atoms with E-state index in [1.807, 2.05) is 37.3 Å². The normalized spacial score (nSPS) is 16.4. The van der Waals surface area contributed by atoms with Gasteiger partial charge in [0.05, 0.1) is 0 Å². The standard InChI is InChI=1S/C19H17NO/c1-3-17(14-7-5-4-6-8-14)16-10-9-15-11-13(2)19(20-21)18(15)12-16/h3-12,17,21H,1H2,2H3. The predicted molar refractivity (Wildman–Crippen MR) is 86.9 cm³/mol. The van der Waals surface area contributed by atoms with Crippen LogP contribution in [0.25, 0.3) is 6.08 Å². The summed E-state index contributed by atoms with van der Waals surface area (Å²) in [5.41, 5.74) is 6.08. The Balaban J connectivity index is 2.06. The molecule has 0 aliphatic heterocycles. The zero-order chi connectivity index (χ0) is 14.8. The second-order valence-electron chi connectivity index (χ2n) is 5.25. The van der Waals surface area contributed by atoms with Crippen molar-refractivity contribution in [2.24, 2.45) is 5.16 Å². The van der Waals surface area contributed by atoms with E-state index in [0.717, 1.165) is 22.3 Å². The fraction of sp³-hybridized carbons (Fsp3) is 0.105. The van der Waals surface area contributed by atoms with Gasteiger partial charge in [-0.2, -0.15) is 0 Å². The molecule has 0 aromatic heterocycles. The Kier molecular flexibility index (Phi) is 3.44. The van der Waals surface area contributed by atoms with Crippen LogP contribution in [0.3, 0.4) is 0 Å². The fourth-order valence-electron chi connectivity index (χ4n) is 2.87. The Morgan fingerprint density at radius 2 is 1.86 bits per heavy atom. The molecule has 0 fully saturated rings. The molecule has 2 aromatic rings. The van der Waals surface area contributed by atoms with Gasteiger partial charge in [-0.05, 0) is 41.3 Å². The minimum absolute atomic E-state index is 0.136. The summed E-state index contributed by atoms with van der Waals surface area (Å²) in [5.74, 6) is 0.136. The van der Waals surface area contributed by atoms with Crippen molar-refractivity contribution in [2.45, 2.75) is 12.8 Å². The summed E-state index contributed by atoms with van der Waals surface area (Å²) in [6.07, 6.45) is 3.99. The molecule has 104 valence electrons. The van der Waals surface area contributed by atoms with E-state index in [1.165, 1.54) is 5.56 Å². The highest BCUT2D eigenvalue weighted by molar-refractivity contribution is 6.20. The van der Waals surface area contributed by atoms with Crippen LogP contribution in [0.4, 0.5) is 0 Å². The molecular formula is C19H17NO. The third-order valence-corrected chi connectivity index (χ3v) is 3.93. The average molecular weight is 275 g/mol. The van der Waals surface area contributed by atoms with E-state index in [0.29, 0.717) is 5.71 Å². The molecule has 1 unspecified atom stereocenters. The van der Waals surface area contributed by atoms with Gasteiger partial charge in [-0.1, -0.05) is 53.7 Å². The zero-order valence-electron chi connectivity index (χ0n) is 12.0. The van der Waals surface area contributed by atoms with Crippen molar-refractivity contribution in [1.82, 2.24) is 0 Å². The number of nitrogens with zero attached hydrogens (tertiary/aromatic N) is 1. The quantitative estimate of drug-likeness (QED) is 0.495. The molecule has 3 rings (SSSR count). The molecule has 1 N–H and O–H groups in total. The largest absolute Gasteiger partial charge is 0.410 e. The van der Waals surface area contributed by atoms with Crippen LogP contribution in [0.15, 0.2) is 71.9 Å². The van der Waals surface area contributed by atoms with Crippen LogP contribution in [0.1, 0.15) is 35.1 Å². The number of rotatable bonds is 3. The van der Waals surface area contributed by atoms with E-state index in [2.05, 4.69) is 42.1 Å². The number of hydrogen-bond donors (Lipinski definition) is 1. The van der Waals surface area contributed by atoms with Gasteiger partial charge >= 0.3 is 0 Å². The van der Waals surface area contributed by atoms with Gasteiger partial charge in [-0.3, -0.25) is 0 Å². The highest BCUT2D eigenvalue weighted by Crippen LogP contribution is 2.31. The van der Waals surface area contributed by atoms with Crippen molar-refractivity contribution < 1.29 is 5.21 Å². The second-order valence-corrected chi connectivity index (χ2v) is 5.25. The highest BCUT2D eigenvalue weighted by Gasteiger charge is 2.20. The number of benzene rings is 2. The molecule has 1 aliphatic carbocycles. The fourth-order valence-corrected chi connectivity index (χ4v) is 2.87. The lowest BCUT2D eigenvalue weighted by Gasteiger charge is -2.15. The van der Waals surface area contributed by atoms with E-state index in [-0.39, 0.29) is 5.92 Å². The summed E-state index contributed by atoms with van der Waals surface area (Å²) in [5, 5.41) is 12.6. The van der Waals surface area contributed by atoms with Gasteiger partial charge in [0, 0.05) is 11.5 Å².